The third-order valence-electron chi connectivity index (χ3n) is 3.40. The molecule has 0 unspecified atom stereocenters. The molecule has 0 saturated heterocycles. The molecule has 0 bridgehead atoms. The molecule has 1 amide bonds. The zero-order valence-electron chi connectivity index (χ0n) is 12.0. The molecule has 0 aromatic rings. The Hall–Kier alpha value is -0.870. The molecule has 1 aliphatic rings. The second-order valence-corrected chi connectivity index (χ2v) is 5.12. The molecule has 1 saturated carbocycles. The van der Waals surface area contributed by atoms with Crippen molar-refractivity contribution in [3.8, 4) is 0 Å². The van der Waals surface area contributed by atoms with Crippen molar-refractivity contribution in [2.24, 2.45) is 0 Å². The van der Waals surface area contributed by atoms with Gasteiger partial charge in [0.1, 0.15) is 0 Å². The number of rotatable bonds is 9. The van der Waals surface area contributed by atoms with Crippen LogP contribution in [0, 0.1) is 0 Å². The molecule has 0 atom stereocenters. The second-order valence-electron chi connectivity index (χ2n) is 5.12. The molecule has 4 nitrogen and oxygen atoms in total. The van der Waals surface area contributed by atoms with Gasteiger partial charge in [0, 0.05) is 12.6 Å². The second kappa shape index (κ2) is 11.0. The summed E-state index contributed by atoms with van der Waals surface area (Å²) in [5, 5.41) is 6.22. The van der Waals surface area contributed by atoms with Crippen LogP contribution in [0.4, 0.5) is 0 Å². The monoisotopic (exact) mass is 268 g/mol. The van der Waals surface area contributed by atoms with E-state index in [1.54, 1.807) is 0 Å². The van der Waals surface area contributed by atoms with Gasteiger partial charge in [-0.25, -0.2) is 0 Å². The van der Waals surface area contributed by atoms with Crippen molar-refractivity contribution in [1.29, 1.82) is 0 Å². The van der Waals surface area contributed by atoms with E-state index >= 15 is 0 Å². The number of nitrogens with one attached hydrogen (secondary N) is 2. The Morgan fingerprint density at radius 3 is 2.63 bits per heavy atom. The molecule has 19 heavy (non-hydrogen) atoms. The Bertz CT molecular complexity index is 249. The Labute approximate surface area is 117 Å². The minimum atomic E-state index is 0.109. The van der Waals surface area contributed by atoms with Gasteiger partial charge in [-0.3, -0.25) is 4.79 Å². The van der Waals surface area contributed by atoms with E-state index in [1.807, 2.05) is 6.08 Å². The third kappa shape index (κ3) is 8.78. The van der Waals surface area contributed by atoms with Gasteiger partial charge in [0.2, 0.25) is 5.91 Å². The van der Waals surface area contributed by atoms with E-state index in [-0.39, 0.29) is 5.91 Å². The molecular weight excluding hydrogens is 240 g/mol. The smallest absolute Gasteiger partial charge is 0.234 e. The minimum absolute atomic E-state index is 0.109. The van der Waals surface area contributed by atoms with Gasteiger partial charge in [-0.15, -0.1) is 6.58 Å². The third-order valence-corrected chi connectivity index (χ3v) is 3.40. The van der Waals surface area contributed by atoms with Crippen LogP contribution in [-0.2, 0) is 9.53 Å². The summed E-state index contributed by atoms with van der Waals surface area (Å²) in [6.45, 7) is 6.09. The van der Waals surface area contributed by atoms with Crippen LogP contribution in [0.1, 0.15) is 44.9 Å². The molecule has 110 valence electrons. The van der Waals surface area contributed by atoms with Crippen LogP contribution < -0.4 is 10.6 Å². The largest absolute Gasteiger partial charge is 0.380 e. The molecule has 0 aromatic heterocycles. The van der Waals surface area contributed by atoms with Crippen LogP contribution in [0.25, 0.3) is 0 Å². The van der Waals surface area contributed by atoms with Gasteiger partial charge in [-0.05, 0) is 19.3 Å². The van der Waals surface area contributed by atoms with Crippen LogP contribution >= 0.6 is 0 Å². The van der Waals surface area contributed by atoms with Crippen LogP contribution in [0.2, 0.25) is 0 Å². The van der Waals surface area contributed by atoms with Gasteiger partial charge < -0.3 is 15.4 Å². The molecule has 1 fully saturated rings. The molecule has 1 rings (SSSR count). The fraction of sp³-hybridized carbons (Fsp3) is 0.800. The standard InChI is InChI=1S/C15H28N2O2/c1-2-3-11-19-12-10-16-13-15(18)17-14-8-6-4-5-7-9-14/h2,14,16H,1,3-13H2,(H,17,18). The maximum Gasteiger partial charge on any atom is 0.234 e. The molecule has 4 heteroatoms. The molecule has 0 spiro atoms. The SMILES string of the molecule is C=CCCOCCNCC(=O)NC1CCCCCC1. The fourth-order valence-corrected chi connectivity index (χ4v) is 2.32. The molecule has 2 N–H and O–H groups in total. The number of hydrogen-bond acceptors (Lipinski definition) is 3. The van der Waals surface area contributed by atoms with Crippen LogP contribution in [-0.4, -0.2) is 38.3 Å². The first-order valence-corrected chi connectivity index (χ1v) is 7.51. The van der Waals surface area contributed by atoms with Crippen LogP contribution in [0.5, 0.6) is 0 Å². The van der Waals surface area contributed by atoms with E-state index in [9.17, 15) is 4.79 Å². The summed E-state index contributed by atoms with van der Waals surface area (Å²) in [5.41, 5.74) is 0. The van der Waals surface area contributed by atoms with E-state index in [0.29, 0.717) is 25.8 Å². The summed E-state index contributed by atoms with van der Waals surface area (Å²) in [5.74, 6) is 0.109. The lowest BCUT2D eigenvalue weighted by molar-refractivity contribution is -0.121. The number of carbonyl (C=O) groups excluding carboxylic acids is 1. The Balaban J connectivity index is 1.96. The van der Waals surface area contributed by atoms with Crippen molar-refractivity contribution in [2.75, 3.05) is 26.3 Å². The lowest BCUT2D eigenvalue weighted by Gasteiger charge is -2.16. The van der Waals surface area contributed by atoms with Gasteiger partial charge in [0.15, 0.2) is 0 Å². The maximum atomic E-state index is 11.7. The first kappa shape index (κ1) is 16.2. The van der Waals surface area contributed by atoms with Gasteiger partial charge in [-0.2, -0.15) is 0 Å². The van der Waals surface area contributed by atoms with E-state index in [0.717, 1.165) is 25.8 Å². The lowest BCUT2D eigenvalue weighted by Crippen LogP contribution is -2.40. The fourth-order valence-electron chi connectivity index (χ4n) is 2.32. The highest BCUT2D eigenvalue weighted by Gasteiger charge is 2.13. The predicted molar refractivity (Wildman–Crippen MR) is 78.1 cm³/mol. The summed E-state index contributed by atoms with van der Waals surface area (Å²) in [4.78, 5) is 11.7. The highest BCUT2D eigenvalue weighted by atomic mass is 16.5. The Morgan fingerprint density at radius 1 is 1.21 bits per heavy atom. The number of carbonyl (C=O) groups is 1. The maximum absolute atomic E-state index is 11.7. The zero-order chi connectivity index (χ0) is 13.8. The Kier molecular flexibility index (Phi) is 9.37. The molecule has 1 aliphatic carbocycles. The average molecular weight is 268 g/mol. The Morgan fingerprint density at radius 2 is 1.95 bits per heavy atom. The van der Waals surface area contributed by atoms with Crippen molar-refractivity contribution in [2.45, 2.75) is 51.0 Å². The highest BCUT2D eigenvalue weighted by molar-refractivity contribution is 5.78. The molecule has 0 radical (unpaired) electrons. The van der Waals surface area contributed by atoms with Crippen molar-refractivity contribution in [3.05, 3.63) is 12.7 Å². The zero-order valence-corrected chi connectivity index (χ0v) is 12.0. The minimum Gasteiger partial charge on any atom is -0.380 e. The molecular formula is C15H28N2O2. The molecule has 0 aliphatic heterocycles. The molecule has 0 heterocycles. The van der Waals surface area contributed by atoms with Crippen molar-refractivity contribution >= 4 is 5.91 Å². The van der Waals surface area contributed by atoms with Crippen LogP contribution in [0.15, 0.2) is 12.7 Å². The summed E-state index contributed by atoms with van der Waals surface area (Å²) >= 11 is 0. The number of ether oxygens (including phenoxy) is 1. The predicted octanol–water partition coefficient (Wildman–Crippen LogP) is 2.01. The van der Waals surface area contributed by atoms with Crippen molar-refractivity contribution in [3.63, 3.8) is 0 Å². The van der Waals surface area contributed by atoms with Gasteiger partial charge >= 0.3 is 0 Å². The van der Waals surface area contributed by atoms with Gasteiger partial charge in [0.25, 0.3) is 0 Å². The summed E-state index contributed by atoms with van der Waals surface area (Å²) in [7, 11) is 0. The van der Waals surface area contributed by atoms with Crippen molar-refractivity contribution in [1.82, 2.24) is 10.6 Å². The molecule has 0 aromatic carbocycles. The van der Waals surface area contributed by atoms with E-state index in [2.05, 4.69) is 17.2 Å². The quantitative estimate of drug-likeness (QED) is 0.382. The topological polar surface area (TPSA) is 50.4 Å². The number of hydrogen-bond donors (Lipinski definition) is 2. The van der Waals surface area contributed by atoms with Crippen LogP contribution in [0.3, 0.4) is 0 Å². The summed E-state index contributed by atoms with van der Waals surface area (Å²) in [6, 6.07) is 0.389. The van der Waals surface area contributed by atoms with Crippen molar-refractivity contribution < 1.29 is 9.53 Å². The normalized spacial score (nSPS) is 16.8. The average Bonchev–Trinajstić information content (AvgIpc) is 2.66. The van der Waals surface area contributed by atoms with E-state index in [1.165, 1.54) is 25.7 Å². The lowest BCUT2D eigenvalue weighted by atomic mass is 10.1. The van der Waals surface area contributed by atoms with E-state index < -0.39 is 0 Å². The summed E-state index contributed by atoms with van der Waals surface area (Å²) in [6.07, 6.45) is 10.1. The first-order valence-electron chi connectivity index (χ1n) is 7.51. The van der Waals surface area contributed by atoms with Gasteiger partial charge in [0.05, 0.1) is 19.8 Å². The van der Waals surface area contributed by atoms with Gasteiger partial charge in [-0.1, -0.05) is 31.8 Å². The first-order chi connectivity index (χ1) is 9.33. The summed E-state index contributed by atoms with van der Waals surface area (Å²) < 4.78 is 5.36. The number of amides is 1. The van der Waals surface area contributed by atoms with E-state index in [4.69, 9.17) is 4.74 Å². The highest BCUT2D eigenvalue weighted by Crippen LogP contribution is 2.16.